The second kappa shape index (κ2) is 7.11. The summed E-state index contributed by atoms with van der Waals surface area (Å²) in [5, 5.41) is 3.76. The molecule has 0 saturated heterocycles. The van der Waals surface area contributed by atoms with E-state index in [0.29, 0.717) is 11.4 Å². The second-order valence-electron chi connectivity index (χ2n) is 4.74. The minimum atomic E-state index is 0.0306. The lowest BCUT2D eigenvalue weighted by atomic mass is 10.0. The molecule has 1 atom stereocenters. The Labute approximate surface area is 124 Å². The zero-order valence-corrected chi connectivity index (χ0v) is 12.2. The lowest BCUT2D eigenvalue weighted by Crippen LogP contribution is -2.29. The van der Waals surface area contributed by atoms with Crippen molar-refractivity contribution in [1.29, 1.82) is 0 Å². The molecule has 1 N–H and O–H groups in total. The molecule has 0 bridgehead atoms. The maximum atomic E-state index is 12.1. The molecule has 1 amide bonds. The van der Waals surface area contributed by atoms with Gasteiger partial charge in [0, 0.05) is 5.02 Å². The number of hydrogen-bond donors (Lipinski definition) is 1. The van der Waals surface area contributed by atoms with Crippen molar-refractivity contribution < 1.29 is 4.79 Å². The highest BCUT2D eigenvalue weighted by molar-refractivity contribution is 6.30. The van der Waals surface area contributed by atoms with E-state index >= 15 is 0 Å². The standard InChI is InChI=1S/C17H18ClNO/c1-2-16(14-6-4-3-5-7-14)19-17(20)12-13-8-10-15(18)11-9-13/h3-11,16H,2,12H2,1H3,(H,19,20)/t16-/m0/s1. The summed E-state index contributed by atoms with van der Waals surface area (Å²) in [4.78, 5) is 12.1. The first-order valence-corrected chi connectivity index (χ1v) is 7.15. The van der Waals surface area contributed by atoms with E-state index in [0.717, 1.165) is 17.5 Å². The van der Waals surface area contributed by atoms with Gasteiger partial charge in [0.25, 0.3) is 0 Å². The lowest BCUT2D eigenvalue weighted by molar-refractivity contribution is -0.121. The van der Waals surface area contributed by atoms with Gasteiger partial charge in [-0.1, -0.05) is 61.0 Å². The first-order valence-electron chi connectivity index (χ1n) is 6.77. The number of halogens is 1. The van der Waals surface area contributed by atoms with Gasteiger partial charge in [-0.25, -0.2) is 0 Å². The van der Waals surface area contributed by atoms with E-state index in [1.54, 1.807) is 12.1 Å². The Morgan fingerprint density at radius 3 is 2.35 bits per heavy atom. The van der Waals surface area contributed by atoms with Crippen LogP contribution in [0.5, 0.6) is 0 Å². The van der Waals surface area contributed by atoms with Gasteiger partial charge >= 0.3 is 0 Å². The number of amides is 1. The molecule has 0 fully saturated rings. The molecule has 104 valence electrons. The average Bonchev–Trinajstić information content (AvgIpc) is 2.48. The summed E-state index contributed by atoms with van der Waals surface area (Å²) in [5.41, 5.74) is 2.11. The third-order valence-corrected chi connectivity index (χ3v) is 3.48. The van der Waals surface area contributed by atoms with Gasteiger partial charge in [-0.2, -0.15) is 0 Å². The maximum absolute atomic E-state index is 12.1. The Morgan fingerprint density at radius 1 is 1.10 bits per heavy atom. The SMILES string of the molecule is CC[C@H](NC(=O)Cc1ccc(Cl)cc1)c1ccccc1. The van der Waals surface area contributed by atoms with E-state index in [-0.39, 0.29) is 11.9 Å². The summed E-state index contributed by atoms with van der Waals surface area (Å²) in [7, 11) is 0. The van der Waals surface area contributed by atoms with E-state index in [2.05, 4.69) is 12.2 Å². The fourth-order valence-corrected chi connectivity index (χ4v) is 2.27. The highest BCUT2D eigenvalue weighted by Gasteiger charge is 2.12. The van der Waals surface area contributed by atoms with Gasteiger partial charge in [-0.15, -0.1) is 0 Å². The Hall–Kier alpha value is -1.80. The zero-order valence-electron chi connectivity index (χ0n) is 11.5. The molecule has 20 heavy (non-hydrogen) atoms. The van der Waals surface area contributed by atoms with Crippen molar-refractivity contribution in [3.63, 3.8) is 0 Å². The first kappa shape index (κ1) is 14.6. The molecular weight excluding hydrogens is 270 g/mol. The maximum Gasteiger partial charge on any atom is 0.224 e. The van der Waals surface area contributed by atoms with Crippen molar-refractivity contribution in [3.8, 4) is 0 Å². The molecule has 2 nitrogen and oxygen atoms in total. The van der Waals surface area contributed by atoms with E-state index in [1.165, 1.54) is 0 Å². The van der Waals surface area contributed by atoms with Crippen LogP contribution in [-0.4, -0.2) is 5.91 Å². The number of carbonyl (C=O) groups excluding carboxylic acids is 1. The monoisotopic (exact) mass is 287 g/mol. The van der Waals surface area contributed by atoms with Crippen molar-refractivity contribution in [1.82, 2.24) is 5.32 Å². The van der Waals surface area contributed by atoms with Crippen LogP contribution in [0, 0.1) is 0 Å². The number of rotatable bonds is 5. The lowest BCUT2D eigenvalue weighted by Gasteiger charge is -2.17. The fraction of sp³-hybridized carbons (Fsp3) is 0.235. The zero-order chi connectivity index (χ0) is 14.4. The Kier molecular flexibility index (Phi) is 5.19. The van der Waals surface area contributed by atoms with Gasteiger partial charge in [0.1, 0.15) is 0 Å². The molecule has 2 rings (SSSR count). The van der Waals surface area contributed by atoms with Gasteiger partial charge in [-0.05, 0) is 29.7 Å². The summed E-state index contributed by atoms with van der Waals surface area (Å²) in [5.74, 6) is 0.0306. The minimum absolute atomic E-state index is 0.0306. The van der Waals surface area contributed by atoms with Crippen LogP contribution in [0.2, 0.25) is 5.02 Å². The van der Waals surface area contributed by atoms with E-state index in [9.17, 15) is 4.79 Å². The van der Waals surface area contributed by atoms with E-state index in [1.807, 2.05) is 42.5 Å². The van der Waals surface area contributed by atoms with Crippen LogP contribution in [0.1, 0.15) is 30.5 Å². The van der Waals surface area contributed by atoms with Crippen LogP contribution in [0.3, 0.4) is 0 Å². The predicted molar refractivity (Wildman–Crippen MR) is 82.8 cm³/mol. The molecule has 0 heterocycles. The van der Waals surface area contributed by atoms with Gasteiger partial charge < -0.3 is 5.32 Å². The quantitative estimate of drug-likeness (QED) is 0.879. The fourth-order valence-electron chi connectivity index (χ4n) is 2.14. The van der Waals surface area contributed by atoms with Gasteiger partial charge in [0.05, 0.1) is 12.5 Å². The number of benzene rings is 2. The number of hydrogen-bond acceptors (Lipinski definition) is 1. The molecule has 0 aliphatic rings. The first-order chi connectivity index (χ1) is 9.69. The van der Waals surface area contributed by atoms with Crippen molar-refractivity contribution in [3.05, 3.63) is 70.7 Å². The van der Waals surface area contributed by atoms with Crippen LogP contribution >= 0.6 is 11.6 Å². The smallest absolute Gasteiger partial charge is 0.224 e. The summed E-state index contributed by atoms with van der Waals surface area (Å²) in [6.45, 7) is 2.07. The van der Waals surface area contributed by atoms with E-state index in [4.69, 9.17) is 11.6 Å². The van der Waals surface area contributed by atoms with Crippen molar-refractivity contribution in [2.24, 2.45) is 0 Å². The normalized spacial score (nSPS) is 11.9. The Bertz CT molecular complexity index is 551. The summed E-state index contributed by atoms with van der Waals surface area (Å²) >= 11 is 5.83. The molecule has 0 aliphatic carbocycles. The third kappa shape index (κ3) is 4.10. The Morgan fingerprint density at radius 2 is 1.75 bits per heavy atom. The van der Waals surface area contributed by atoms with Gasteiger partial charge in [0.15, 0.2) is 0 Å². The molecule has 2 aromatic rings. The van der Waals surface area contributed by atoms with Crippen LogP contribution in [0.25, 0.3) is 0 Å². The Balaban J connectivity index is 1.97. The molecule has 0 aliphatic heterocycles. The third-order valence-electron chi connectivity index (χ3n) is 3.22. The second-order valence-corrected chi connectivity index (χ2v) is 5.18. The molecule has 0 aromatic heterocycles. The summed E-state index contributed by atoms with van der Waals surface area (Å²) in [6, 6.07) is 17.5. The highest BCUT2D eigenvalue weighted by Crippen LogP contribution is 2.16. The molecule has 0 saturated carbocycles. The van der Waals surface area contributed by atoms with Crippen LogP contribution in [-0.2, 0) is 11.2 Å². The highest BCUT2D eigenvalue weighted by atomic mass is 35.5. The van der Waals surface area contributed by atoms with E-state index < -0.39 is 0 Å². The van der Waals surface area contributed by atoms with Crippen LogP contribution in [0.4, 0.5) is 0 Å². The molecular formula is C17H18ClNO. The van der Waals surface area contributed by atoms with Crippen molar-refractivity contribution in [2.45, 2.75) is 25.8 Å². The summed E-state index contributed by atoms with van der Waals surface area (Å²) in [6.07, 6.45) is 1.25. The van der Waals surface area contributed by atoms with Gasteiger partial charge in [0.2, 0.25) is 5.91 Å². The molecule has 3 heteroatoms. The number of nitrogens with one attached hydrogen (secondary N) is 1. The number of carbonyl (C=O) groups is 1. The molecule has 0 radical (unpaired) electrons. The van der Waals surface area contributed by atoms with Crippen LogP contribution < -0.4 is 5.32 Å². The predicted octanol–water partition coefficient (Wildman–Crippen LogP) is 4.15. The average molecular weight is 288 g/mol. The van der Waals surface area contributed by atoms with Crippen LogP contribution in [0.15, 0.2) is 54.6 Å². The van der Waals surface area contributed by atoms with Gasteiger partial charge in [-0.3, -0.25) is 4.79 Å². The topological polar surface area (TPSA) is 29.1 Å². The molecule has 0 spiro atoms. The molecule has 2 aromatic carbocycles. The summed E-state index contributed by atoms with van der Waals surface area (Å²) < 4.78 is 0. The van der Waals surface area contributed by atoms with Crippen molar-refractivity contribution >= 4 is 17.5 Å². The van der Waals surface area contributed by atoms with Crippen molar-refractivity contribution in [2.75, 3.05) is 0 Å². The molecule has 0 unspecified atom stereocenters. The largest absolute Gasteiger partial charge is 0.349 e. The minimum Gasteiger partial charge on any atom is -0.349 e.